The zero-order valence-electron chi connectivity index (χ0n) is 15.3. The SMILES string of the molecule is CC.CCCCCCC.CN(C)CN(C)CN(C)C. The minimum Gasteiger partial charge on any atom is -0.297 e. The quantitative estimate of drug-likeness (QED) is 0.490. The summed E-state index contributed by atoms with van der Waals surface area (Å²) in [5.41, 5.74) is 0. The third kappa shape index (κ3) is 31.9. The van der Waals surface area contributed by atoms with Crippen molar-refractivity contribution >= 4 is 0 Å². The van der Waals surface area contributed by atoms with Gasteiger partial charge in [-0.15, -0.1) is 0 Å². The highest BCUT2D eigenvalue weighted by Crippen LogP contribution is 2.00. The van der Waals surface area contributed by atoms with Gasteiger partial charge in [-0.2, -0.15) is 0 Å². The average molecular weight is 276 g/mol. The van der Waals surface area contributed by atoms with Gasteiger partial charge in [-0.05, 0) is 35.2 Å². The van der Waals surface area contributed by atoms with Crippen LogP contribution in [0.15, 0.2) is 0 Å². The minimum absolute atomic E-state index is 1.01. The van der Waals surface area contributed by atoms with Gasteiger partial charge in [-0.25, -0.2) is 0 Å². The highest BCUT2D eigenvalue weighted by Gasteiger charge is 1.98. The van der Waals surface area contributed by atoms with Gasteiger partial charge in [-0.1, -0.05) is 59.8 Å². The van der Waals surface area contributed by atoms with Crippen molar-refractivity contribution in [3.05, 3.63) is 0 Å². The van der Waals surface area contributed by atoms with E-state index in [1.807, 2.05) is 13.8 Å². The molecule has 19 heavy (non-hydrogen) atoms. The molecule has 0 atom stereocenters. The second-order valence-corrected chi connectivity index (χ2v) is 5.36. The zero-order chi connectivity index (χ0) is 15.7. The summed E-state index contributed by atoms with van der Waals surface area (Å²) in [5.74, 6) is 0. The first-order valence-corrected chi connectivity index (χ1v) is 7.92. The van der Waals surface area contributed by atoms with E-state index in [0.717, 1.165) is 13.3 Å². The Balaban J connectivity index is -0.000000249. The van der Waals surface area contributed by atoms with E-state index in [1.54, 1.807) is 0 Å². The van der Waals surface area contributed by atoms with Gasteiger partial charge in [0, 0.05) is 0 Å². The highest BCUT2D eigenvalue weighted by atomic mass is 15.3. The number of rotatable bonds is 8. The maximum Gasteiger partial charge on any atom is 0.0509 e. The monoisotopic (exact) mass is 275 g/mol. The van der Waals surface area contributed by atoms with Crippen molar-refractivity contribution in [2.45, 2.75) is 59.8 Å². The molecule has 0 aliphatic heterocycles. The molecule has 0 aromatic rings. The molecule has 0 bridgehead atoms. The maximum absolute atomic E-state index is 2.25. The normalized spacial score (nSPS) is 10.1. The summed E-state index contributed by atoms with van der Waals surface area (Å²) in [6.45, 7) is 10.5. The molecule has 3 nitrogen and oxygen atoms in total. The lowest BCUT2D eigenvalue weighted by Crippen LogP contribution is -2.36. The zero-order valence-corrected chi connectivity index (χ0v) is 15.3. The summed E-state index contributed by atoms with van der Waals surface area (Å²) in [5, 5.41) is 0. The molecule has 0 N–H and O–H groups in total. The fourth-order valence-electron chi connectivity index (χ4n) is 1.69. The molecule has 0 saturated carbocycles. The van der Waals surface area contributed by atoms with Crippen molar-refractivity contribution in [3.8, 4) is 0 Å². The van der Waals surface area contributed by atoms with Crippen molar-refractivity contribution in [3.63, 3.8) is 0 Å². The Morgan fingerprint density at radius 1 is 0.579 bits per heavy atom. The van der Waals surface area contributed by atoms with Crippen LogP contribution in [0.2, 0.25) is 0 Å². The Hall–Kier alpha value is -0.120. The van der Waals surface area contributed by atoms with Crippen LogP contribution in [0, 0.1) is 0 Å². The van der Waals surface area contributed by atoms with Crippen molar-refractivity contribution in [1.29, 1.82) is 0 Å². The van der Waals surface area contributed by atoms with Crippen LogP contribution >= 0.6 is 0 Å². The summed E-state index contributed by atoms with van der Waals surface area (Å²) >= 11 is 0. The fraction of sp³-hybridized carbons (Fsp3) is 1.00. The van der Waals surface area contributed by atoms with Crippen LogP contribution in [-0.2, 0) is 0 Å². The topological polar surface area (TPSA) is 9.72 Å². The second kappa shape index (κ2) is 20.2. The Morgan fingerprint density at radius 2 is 0.895 bits per heavy atom. The first-order chi connectivity index (χ1) is 8.93. The van der Waals surface area contributed by atoms with Crippen molar-refractivity contribution in [2.24, 2.45) is 0 Å². The summed E-state index contributed by atoms with van der Waals surface area (Å²) in [4.78, 5) is 6.56. The van der Waals surface area contributed by atoms with Crippen molar-refractivity contribution in [1.82, 2.24) is 14.7 Å². The van der Waals surface area contributed by atoms with E-state index in [9.17, 15) is 0 Å². The van der Waals surface area contributed by atoms with Gasteiger partial charge in [0.2, 0.25) is 0 Å². The second-order valence-electron chi connectivity index (χ2n) is 5.36. The fourth-order valence-corrected chi connectivity index (χ4v) is 1.69. The summed E-state index contributed by atoms with van der Waals surface area (Å²) in [6.07, 6.45) is 7.01. The number of hydrogen-bond donors (Lipinski definition) is 0. The van der Waals surface area contributed by atoms with Crippen LogP contribution in [0.4, 0.5) is 0 Å². The minimum atomic E-state index is 1.01. The van der Waals surface area contributed by atoms with Gasteiger partial charge in [0.15, 0.2) is 0 Å². The molecule has 0 aliphatic carbocycles. The van der Waals surface area contributed by atoms with Crippen LogP contribution in [0.3, 0.4) is 0 Å². The summed E-state index contributed by atoms with van der Waals surface area (Å²) in [6, 6.07) is 0. The van der Waals surface area contributed by atoms with Gasteiger partial charge >= 0.3 is 0 Å². The molecular formula is C16H41N3. The molecule has 0 aromatic heterocycles. The number of hydrogen-bond acceptors (Lipinski definition) is 3. The Kier molecular flexibility index (Phi) is 25.5. The van der Waals surface area contributed by atoms with E-state index in [4.69, 9.17) is 0 Å². The van der Waals surface area contributed by atoms with E-state index in [1.165, 1.54) is 32.1 Å². The molecule has 0 heterocycles. The van der Waals surface area contributed by atoms with Gasteiger partial charge in [-0.3, -0.25) is 14.7 Å². The lowest BCUT2D eigenvalue weighted by Gasteiger charge is -2.24. The van der Waals surface area contributed by atoms with Crippen LogP contribution in [0.1, 0.15) is 59.8 Å². The molecule has 0 aromatic carbocycles. The third-order valence-electron chi connectivity index (χ3n) is 2.26. The number of unbranched alkanes of at least 4 members (excludes halogenated alkanes) is 4. The van der Waals surface area contributed by atoms with Gasteiger partial charge in [0.05, 0.1) is 13.3 Å². The van der Waals surface area contributed by atoms with Crippen molar-refractivity contribution < 1.29 is 0 Å². The molecule has 0 amide bonds. The first-order valence-electron chi connectivity index (χ1n) is 7.92. The van der Waals surface area contributed by atoms with Crippen molar-refractivity contribution in [2.75, 3.05) is 48.6 Å². The molecule has 0 saturated heterocycles. The number of nitrogens with zero attached hydrogens (tertiary/aromatic N) is 3. The van der Waals surface area contributed by atoms with Crippen LogP contribution in [0.5, 0.6) is 0 Å². The molecule has 0 radical (unpaired) electrons. The van der Waals surface area contributed by atoms with Gasteiger partial charge < -0.3 is 0 Å². The van der Waals surface area contributed by atoms with E-state index >= 15 is 0 Å². The van der Waals surface area contributed by atoms with E-state index in [-0.39, 0.29) is 0 Å². The Morgan fingerprint density at radius 3 is 1.11 bits per heavy atom. The smallest absolute Gasteiger partial charge is 0.0509 e. The molecule has 3 heteroatoms. The van der Waals surface area contributed by atoms with E-state index in [2.05, 4.69) is 63.8 Å². The predicted octanol–water partition coefficient (Wildman–Crippen LogP) is 3.96. The molecule has 120 valence electrons. The molecular weight excluding hydrogens is 234 g/mol. The lowest BCUT2D eigenvalue weighted by atomic mass is 10.2. The average Bonchev–Trinajstić information content (AvgIpc) is 2.31. The maximum atomic E-state index is 2.25. The summed E-state index contributed by atoms with van der Waals surface area (Å²) in [7, 11) is 10.4. The molecule has 0 aliphatic rings. The molecule has 0 spiro atoms. The van der Waals surface area contributed by atoms with Gasteiger partial charge in [0.25, 0.3) is 0 Å². The largest absolute Gasteiger partial charge is 0.297 e. The van der Waals surface area contributed by atoms with Gasteiger partial charge in [0.1, 0.15) is 0 Å². The molecule has 0 unspecified atom stereocenters. The molecule has 0 fully saturated rings. The lowest BCUT2D eigenvalue weighted by molar-refractivity contribution is 0.147. The Labute approximate surface area is 124 Å². The summed E-state index contributed by atoms with van der Waals surface area (Å²) < 4.78 is 0. The molecule has 0 rings (SSSR count). The highest BCUT2D eigenvalue weighted by molar-refractivity contribution is 4.45. The Bertz CT molecular complexity index is 122. The standard InChI is InChI=1S/C7H19N3.C7H16.C2H6/c1-8(2)6-10(5)7-9(3)4;1-3-5-7-6-4-2;1-2/h6-7H2,1-5H3;3-7H2,1-2H3;1-2H3. The third-order valence-corrected chi connectivity index (χ3v) is 2.26. The van der Waals surface area contributed by atoms with E-state index in [0.29, 0.717) is 0 Å². The van der Waals surface area contributed by atoms with E-state index < -0.39 is 0 Å². The predicted molar refractivity (Wildman–Crippen MR) is 90.7 cm³/mol. The van der Waals surface area contributed by atoms with Crippen LogP contribution < -0.4 is 0 Å². The van der Waals surface area contributed by atoms with Crippen LogP contribution in [-0.4, -0.2) is 63.3 Å². The first kappa shape index (κ1) is 23.9. The van der Waals surface area contributed by atoms with Crippen LogP contribution in [0.25, 0.3) is 0 Å².